The molecule has 0 saturated carbocycles. The quantitative estimate of drug-likeness (QED) is 0.628. The van der Waals surface area contributed by atoms with E-state index in [1.807, 2.05) is 54.6 Å². The van der Waals surface area contributed by atoms with Gasteiger partial charge in [0, 0.05) is 6.42 Å². The normalized spacial score (nSPS) is 11.0. The highest BCUT2D eigenvalue weighted by molar-refractivity contribution is 5.77. The molecule has 3 aromatic rings. The van der Waals surface area contributed by atoms with Crippen LogP contribution in [0.4, 0.5) is 0 Å². The van der Waals surface area contributed by atoms with Crippen LogP contribution in [0.2, 0.25) is 0 Å². The summed E-state index contributed by atoms with van der Waals surface area (Å²) in [6, 6.07) is 17.4. The van der Waals surface area contributed by atoms with E-state index >= 15 is 0 Å². The highest BCUT2D eigenvalue weighted by Crippen LogP contribution is 2.15. The Hall–Kier alpha value is -2.42. The molecular formula is C20H22N2O. The average Bonchev–Trinajstić information content (AvgIpc) is 2.60. The fraction of sp³-hybridized carbons (Fsp3) is 0.300. The van der Waals surface area contributed by atoms with Crippen molar-refractivity contribution in [3.05, 3.63) is 70.8 Å². The van der Waals surface area contributed by atoms with Gasteiger partial charge in [-0.15, -0.1) is 0 Å². The van der Waals surface area contributed by atoms with Crippen LogP contribution in [-0.4, -0.2) is 9.55 Å². The number of unbranched alkanes of at least 4 members (excludes halogenated alkanes) is 3. The summed E-state index contributed by atoms with van der Waals surface area (Å²) in [6.07, 6.45) is 5.49. The molecule has 0 N–H and O–H groups in total. The van der Waals surface area contributed by atoms with Gasteiger partial charge in [0.2, 0.25) is 0 Å². The van der Waals surface area contributed by atoms with Gasteiger partial charge in [-0.3, -0.25) is 9.36 Å². The van der Waals surface area contributed by atoms with Gasteiger partial charge in [0.25, 0.3) is 5.56 Å². The van der Waals surface area contributed by atoms with Gasteiger partial charge in [0.15, 0.2) is 0 Å². The van der Waals surface area contributed by atoms with Crippen LogP contribution in [0.25, 0.3) is 16.6 Å². The van der Waals surface area contributed by atoms with E-state index in [-0.39, 0.29) is 5.56 Å². The van der Waals surface area contributed by atoms with Crippen LogP contribution >= 0.6 is 0 Å². The number of hydrogen-bond acceptors (Lipinski definition) is 2. The first-order valence-electron chi connectivity index (χ1n) is 8.37. The maximum absolute atomic E-state index is 13.0. The predicted octanol–water partition coefficient (Wildman–Crippen LogP) is 4.51. The lowest BCUT2D eigenvalue weighted by atomic mass is 10.1. The van der Waals surface area contributed by atoms with Crippen molar-refractivity contribution >= 4 is 10.9 Å². The Morgan fingerprint density at radius 2 is 1.65 bits per heavy atom. The summed E-state index contributed by atoms with van der Waals surface area (Å²) in [5, 5.41) is 0.675. The Kier molecular flexibility index (Phi) is 4.86. The zero-order valence-electron chi connectivity index (χ0n) is 13.5. The van der Waals surface area contributed by atoms with Crippen molar-refractivity contribution in [3.63, 3.8) is 0 Å². The molecule has 3 nitrogen and oxygen atoms in total. The van der Waals surface area contributed by atoms with Gasteiger partial charge < -0.3 is 0 Å². The summed E-state index contributed by atoms with van der Waals surface area (Å²) < 4.78 is 1.77. The fourth-order valence-corrected chi connectivity index (χ4v) is 2.90. The van der Waals surface area contributed by atoms with Gasteiger partial charge in [-0.1, -0.05) is 56.5 Å². The molecule has 0 fully saturated rings. The lowest BCUT2D eigenvalue weighted by molar-refractivity contribution is 0.642. The molecule has 3 heteroatoms. The van der Waals surface area contributed by atoms with E-state index in [1.54, 1.807) is 4.57 Å². The van der Waals surface area contributed by atoms with Crippen LogP contribution in [0.3, 0.4) is 0 Å². The topological polar surface area (TPSA) is 34.9 Å². The van der Waals surface area contributed by atoms with Crippen molar-refractivity contribution in [2.75, 3.05) is 0 Å². The molecule has 0 aliphatic carbocycles. The number of nitrogens with zero attached hydrogens (tertiary/aromatic N) is 2. The second kappa shape index (κ2) is 7.23. The van der Waals surface area contributed by atoms with E-state index in [1.165, 1.54) is 19.3 Å². The minimum absolute atomic E-state index is 0.0206. The summed E-state index contributed by atoms with van der Waals surface area (Å²) in [4.78, 5) is 17.7. The van der Waals surface area contributed by atoms with Crippen LogP contribution in [0.5, 0.6) is 0 Å². The molecule has 1 aromatic heterocycles. The molecule has 0 atom stereocenters. The van der Waals surface area contributed by atoms with Gasteiger partial charge in [0.1, 0.15) is 5.82 Å². The van der Waals surface area contributed by atoms with Gasteiger partial charge in [-0.25, -0.2) is 4.98 Å². The standard InChI is InChI=1S/C20H22N2O/c1-2-3-4-8-15-19-21-18-14-10-9-13-17(18)20(23)22(19)16-11-6-5-7-12-16/h5-7,9-14H,2-4,8,15H2,1H3. The van der Waals surface area contributed by atoms with Crippen molar-refractivity contribution in [1.82, 2.24) is 9.55 Å². The van der Waals surface area contributed by atoms with E-state index in [4.69, 9.17) is 4.98 Å². The van der Waals surface area contributed by atoms with E-state index < -0.39 is 0 Å². The number of benzene rings is 2. The number of aryl methyl sites for hydroxylation is 1. The Labute approximate surface area is 136 Å². The van der Waals surface area contributed by atoms with E-state index in [0.29, 0.717) is 5.39 Å². The van der Waals surface area contributed by atoms with Crippen LogP contribution < -0.4 is 5.56 Å². The van der Waals surface area contributed by atoms with E-state index in [9.17, 15) is 4.79 Å². The first kappa shape index (κ1) is 15.5. The van der Waals surface area contributed by atoms with Crippen molar-refractivity contribution in [3.8, 4) is 5.69 Å². The second-order valence-corrected chi connectivity index (χ2v) is 5.83. The second-order valence-electron chi connectivity index (χ2n) is 5.83. The number of fused-ring (bicyclic) bond motifs is 1. The third-order valence-corrected chi connectivity index (χ3v) is 4.11. The highest BCUT2D eigenvalue weighted by atomic mass is 16.1. The van der Waals surface area contributed by atoms with Crippen molar-refractivity contribution in [2.24, 2.45) is 0 Å². The van der Waals surface area contributed by atoms with Crippen LogP contribution in [0, 0.1) is 0 Å². The molecule has 0 radical (unpaired) electrons. The molecule has 2 aromatic carbocycles. The molecule has 0 spiro atoms. The highest BCUT2D eigenvalue weighted by Gasteiger charge is 2.12. The van der Waals surface area contributed by atoms with Crippen LogP contribution in [-0.2, 0) is 6.42 Å². The first-order valence-corrected chi connectivity index (χ1v) is 8.37. The van der Waals surface area contributed by atoms with Crippen molar-refractivity contribution < 1.29 is 0 Å². The average molecular weight is 306 g/mol. The fourth-order valence-electron chi connectivity index (χ4n) is 2.90. The molecule has 0 unspecified atom stereocenters. The van der Waals surface area contributed by atoms with E-state index in [0.717, 1.165) is 29.9 Å². The monoisotopic (exact) mass is 306 g/mol. The zero-order valence-corrected chi connectivity index (χ0v) is 13.5. The van der Waals surface area contributed by atoms with Crippen molar-refractivity contribution in [1.29, 1.82) is 0 Å². The van der Waals surface area contributed by atoms with Gasteiger partial charge in [0.05, 0.1) is 16.6 Å². The molecule has 0 saturated heterocycles. The maximum atomic E-state index is 13.0. The number of hydrogen-bond donors (Lipinski definition) is 0. The first-order chi connectivity index (χ1) is 11.3. The summed E-state index contributed by atoms with van der Waals surface area (Å²) >= 11 is 0. The lowest BCUT2D eigenvalue weighted by Gasteiger charge is -2.13. The maximum Gasteiger partial charge on any atom is 0.265 e. The number of rotatable bonds is 6. The molecule has 0 aliphatic heterocycles. The number of aromatic nitrogens is 2. The van der Waals surface area contributed by atoms with Crippen LogP contribution in [0.15, 0.2) is 59.4 Å². The SMILES string of the molecule is CCCCCCc1nc2ccccc2c(=O)n1-c1ccccc1. The minimum Gasteiger partial charge on any atom is -0.268 e. The summed E-state index contributed by atoms with van der Waals surface area (Å²) in [7, 11) is 0. The van der Waals surface area contributed by atoms with Gasteiger partial charge >= 0.3 is 0 Å². The molecule has 118 valence electrons. The summed E-state index contributed by atoms with van der Waals surface area (Å²) in [6.45, 7) is 2.20. The lowest BCUT2D eigenvalue weighted by Crippen LogP contribution is -2.24. The van der Waals surface area contributed by atoms with Crippen molar-refractivity contribution in [2.45, 2.75) is 39.0 Å². The van der Waals surface area contributed by atoms with E-state index in [2.05, 4.69) is 6.92 Å². The van der Waals surface area contributed by atoms with Gasteiger partial charge in [-0.2, -0.15) is 0 Å². The Morgan fingerprint density at radius 3 is 2.43 bits per heavy atom. The largest absolute Gasteiger partial charge is 0.268 e. The summed E-state index contributed by atoms with van der Waals surface area (Å²) in [5.41, 5.74) is 1.70. The molecule has 0 aliphatic rings. The Bertz CT molecular complexity index is 837. The minimum atomic E-state index is 0.0206. The Balaban J connectivity index is 2.10. The van der Waals surface area contributed by atoms with Gasteiger partial charge in [-0.05, 0) is 30.7 Å². The molecule has 3 rings (SSSR count). The molecular weight excluding hydrogens is 284 g/mol. The Morgan fingerprint density at radius 1 is 0.913 bits per heavy atom. The molecule has 0 bridgehead atoms. The predicted molar refractivity (Wildman–Crippen MR) is 95.2 cm³/mol. The summed E-state index contributed by atoms with van der Waals surface area (Å²) in [5.74, 6) is 0.857. The zero-order chi connectivity index (χ0) is 16.1. The molecule has 23 heavy (non-hydrogen) atoms. The smallest absolute Gasteiger partial charge is 0.265 e. The third-order valence-electron chi connectivity index (χ3n) is 4.11. The molecule has 0 amide bonds. The molecule has 1 heterocycles. The third kappa shape index (κ3) is 3.34. The number of para-hydroxylation sites is 2. The van der Waals surface area contributed by atoms with Crippen LogP contribution in [0.1, 0.15) is 38.4 Å².